The van der Waals surface area contributed by atoms with E-state index in [-0.39, 0.29) is 22.4 Å². The number of hydrogen-bond acceptors (Lipinski definition) is 10. The van der Waals surface area contributed by atoms with Gasteiger partial charge in [-0.15, -0.1) is 10.2 Å². The summed E-state index contributed by atoms with van der Waals surface area (Å²) in [5.41, 5.74) is 0.190. The number of ether oxygens (including phenoxy) is 2. The van der Waals surface area contributed by atoms with Crippen molar-refractivity contribution in [2.24, 2.45) is 0 Å². The van der Waals surface area contributed by atoms with E-state index in [0.29, 0.717) is 10.0 Å². The van der Waals surface area contributed by atoms with Crippen molar-refractivity contribution in [1.29, 1.82) is 0 Å². The van der Waals surface area contributed by atoms with Crippen LogP contribution in [0.15, 0.2) is 30.5 Å². The molecule has 3 rings (SSSR count). The maximum atomic E-state index is 15.0. The summed E-state index contributed by atoms with van der Waals surface area (Å²) in [5, 5.41) is 14.9. The zero-order chi connectivity index (χ0) is 29.7. The molecule has 1 amide bonds. The van der Waals surface area contributed by atoms with Crippen molar-refractivity contribution in [3.8, 4) is 26.9 Å². The fraction of sp³-hybridized carbons (Fsp3) is 0.417. The Kier molecular flexibility index (Phi) is 10.4. The second-order valence-corrected chi connectivity index (χ2v) is 12.5. The van der Waals surface area contributed by atoms with E-state index < -0.39 is 44.6 Å². The normalized spacial score (nSPS) is 12.8. The number of anilines is 1. The maximum Gasteiger partial charge on any atom is 0.469 e. The predicted molar refractivity (Wildman–Crippen MR) is 149 cm³/mol. The number of rotatable bonds is 11. The molecular weight excluding hydrogens is 588 g/mol. The number of pyridine rings is 1. The molecule has 0 spiro atoms. The molecule has 16 heteroatoms. The van der Waals surface area contributed by atoms with Crippen molar-refractivity contribution in [3.05, 3.63) is 41.3 Å². The highest BCUT2D eigenvalue weighted by Gasteiger charge is 2.24. The van der Waals surface area contributed by atoms with Gasteiger partial charge < -0.3 is 29.9 Å². The number of benzene rings is 1. The van der Waals surface area contributed by atoms with Gasteiger partial charge in [-0.3, -0.25) is 4.52 Å². The number of nitrogens with zero attached hydrogens (tertiary/aromatic N) is 3. The Labute approximate surface area is 239 Å². The highest BCUT2D eigenvalue weighted by atomic mass is 35.5. The van der Waals surface area contributed by atoms with E-state index in [2.05, 4.69) is 30.3 Å². The Morgan fingerprint density at radius 2 is 1.88 bits per heavy atom. The zero-order valence-electron chi connectivity index (χ0n) is 22.3. The third-order valence-corrected chi connectivity index (χ3v) is 6.53. The molecule has 2 aromatic heterocycles. The fourth-order valence-corrected chi connectivity index (χ4v) is 4.67. The lowest BCUT2D eigenvalue weighted by atomic mass is 10.2. The SMILES string of the molecule is CC(C)Nc1ccc(-c2nnc(-c3cc(F)c(OC[C@H](COP(=O)(O)O)NC(=O)OC(C)(C)C)cc3Cl)s2)cn1. The van der Waals surface area contributed by atoms with Crippen molar-refractivity contribution in [1.82, 2.24) is 20.5 Å². The van der Waals surface area contributed by atoms with Crippen LogP contribution in [0.25, 0.3) is 21.1 Å². The average molecular weight is 618 g/mol. The molecule has 40 heavy (non-hydrogen) atoms. The zero-order valence-corrected chi connectivity index (χ0v) is 24.8. The lowest BCUT2D eigenvalue weighted by Gasteiger charge is -2.24. The van der Waals surface area contributed by atoms with E-state index in [1.54, 1.807) is 27.0 Å². The second-order valence-electron chi connectivity index (χ2n) is 9.85. The molecule has 0 aliphatic carbocycles. The topological polar surface area (TPSA) is 165 Å². The van der Waals surface area contributed by atoms with Gasteiger partial charge in [0.2, 0.25) is 0 Å². The van der Waals surface area contributed by atoms with Gasteiger partial charge in [0.1, 0.15) is 28.0 Å². The summed E-state index contributed by atoms with van der Waals surface area (Å²) >= 11 is 7.61. The van der Waals surface area contributed by atoms with Crippen LogP contribution in [-0.4, -0.2) is 62.0 Å². The van der Waals surface area contributed by atoms with Gasteiger partial charge in [-0.25, -0.2) is 18.7 Å². The van der Waals surface area contributed by atoms with Crippen LogP contribution in [0.5, 0.6) is 5.75 Å². The standard InChI is InChI=1S/C24H30ClFN5O7PS/c1-13(2)28-20-7-6-14(10-27-20)21-30-31-22(40-21)16-8-18(26)19(9-17(16)25)36-11-15(12-37-39(33,34)35)29-23(32)38-24(3,4)5/h6-10,13,15H,11-12H2,1-5H3,(H,27,28)(H,29,32)(H2,33,34,35)/t15-/m1/s1. The molecule has 1 atom stereocenters. The van der Waals surface area contributed by atoms with Crippen LogP contribution in [0, 0.1) is 5.82 Å². The van der Waals surface area contributed by atoms with Crippen LogP contribution < -0.4 is 15.4 Å². The van der Waals surface area contributed by atoms with Crippen LogP contribution in [0.4, 0.5) is 15.0 Å². The van der Waals surface area contributed by atoms with Crippen LogP contribution in [0.2, 0.25) is 5.02 Å². The largest absolute Gasteiger partial charge is 0.488 e. The minimum absolute atomic E-state index is 0.122. The van der Waals surface area contributed by atoms with E-state index in [9.17, 15) is 13.8 Å². The third-order valence-electron chi connectivity index (χ3n) is 4.73. The number of carbonyl (C=O) groups excluding carboxylic acids is 1. The first kappa shape index (κ1) is 31.7. The number of alkyl carbamates (subject to hydrolysis) is 1. The van der Waals surface area contributed by atoms with E-state index in [4.69, 9.17) is 30.9 Å². The molecule has 0 radical (unpaired) electrons. The number of halogens is 2. The number of aromatic nitrogens is 3. The van der Waals surface area contributed by atoms with Crippen molar-refractivity contribution in [2.45, 2.75) is 52.3 Å². The number of amides is 1. The van der Waals surface area contributed by atoms with Crippen molar-refractivity contribution in [3.63, 3.8) is 0 Å². The van der Waals surface area contributed by atoms with E-state index in [1.807, 2.05) is 26.0 Å². The van der Waals surface area contributed by atoms with E-state index in [1.165, 1.54) is 17.4 Å². The Bertz CT molecular complexity index is 1360. The average Bonchev–Trinajstić information content (AvgIpc) is 3.31. The molecule has 218 valence electrons. The summed E-state index contributed by atoms with van der Waals surface area (Å²) in [7, 11) is -4.85. The van der Waals surface area contributed by atoms with Crippen LogP contribution >= 0.6 is 30.8 Å². The van der Waals surface area contributed by atoms with Gasteiger partial charge in [-0.1, -0.05) is 22.9 Å². The third kappa shape index (κ3) is 9.95. The summed E-state index contributed by atoms with van der Waals surface area (Å²) in [5.74, 6) is -0.321. The highest BCUT2D eigenvalue weighted by molar-refractivity contribution is 7.46. The van der Waals surface area contributed by atoms with Crippen molar-refractivity contribution in [2.75, 3.05) is 18.5 Å². The molecule has 0 unspecified atom stereocenters. The lowest BCUT2D eigenvalue weighted by molar-refractivity contribution is 0.0452. The molecule has 0 saturated heterocycles. The predicted octanol–water partition coefficient (Wildman–Crippen LogP) is 5.26. The number of hydrogen-bond donors (Lipinski definition) is 4. The first-order valence-electron chi connectivity index (χ1n) is 12.0. The van der Waals surface area contributed by atoms with Crippen LogP contribution in [-0.2, 0) is 13.8 Å². The van der Waals surface area contributed by atoms with E-state index in [0.717, 1.165) is 17.4 Å². The maximum absolute atomic E-state index is 15.0. The monoisotopic (exact) mass is 617 g/mol. The minimum Gasteiger partial charge on any atom is -0.488 e. The molecule has 3 aromatic rings. The summed E-state index contributed by atoms with van der Waals surface area (Å²) in [6.45, 7) is 7.89. The number of carbonyl (C=O) groups is 1. The second kappa shape index (κ2) is 13.2. The highest BCUT2D eigenvalue weighted by Crippen LogP contribution is 2.38. The van der Waals surface area contributed by atoms with Gasteiger partial charge in [0, 0.05) is 29.4 Å². The fourth-order valence-electron chi connectivity index (χ4n) is 3.14. The van der Waals surface area contributed by atoms with Gasteiger partial charge in [0.15, 0.2) is 11.6 Å². The first-order valence-corrected chi connectivity index (χ1v) is 14.7. The molecule has 0 fully saturated rings. The molecule has 12 nitrogen and oxygen atoms in total. The first-order chi connectivity index (χ1) is 18.6. The smallest absolute Gasteiger partial charge is 0.469 e. The molecule has 1 aromatic carbocycles. The summed E-state index contributed by atoms with van der Waals surface area (Å²) in [4.78, 5) is 34.5. The van der Waals surface area contributed by atoms with Crippen LogP contribution in [0.1, 0.15) is 34.6 Å². The molecule has 0 aliphatic rings. The molecule has 0 aliphatic heterocycles. The van der Waals surface area contributed by atoms with Crippen molar-refractivity contribution < 1.29 is 37.5 Å². The molecular formula is C24H30ClFN5O7PS. The van der Waals surface area contributed by atoms with Gasteiger partial charge in [0.25, 0.3) is 0 Å². The number of phosphoric ester groups is 1. The Hall–Kier alpha value is -2.87. The van der Waals surface area contributed by atoms with E-state index >= 15 is 0 Å². The number of nitrogens with one attached hydrogen (secondary N) is 2. The summed E-state index contributed by atoms with van der Waals surface area (Å²) in [6, 6.07) is 5.18. The Balaban J connectivity index is 1.73. The van der Waals surface area contributed by atoms with Gasteiger partial charge in [-0.2, -0.15) is 0 Å². The van der Waals surface area contributed by atoms with Crippen molar-refractivity contribution >= 4 is 42.7 Å². The van der Waals surface area contributed by atoms with Crippen LogP contribution in [0.3, 0.4) is 0 Å². The Morgan fingerprint density at radius 1 is 1.18 bits per heavy atom. The Morgan fingerprint density at radius 3 is 2.48 bits per heavy atom. The van der Waals surface area contributed by atoms with Gasteiger partial charge in [0.05, 0.1) is 17.7 Å². The molecule has 0 saturated carbocycles. The summed E-state index contributed by atoms with van der Waals surface area (Å²) < 4.78 is 41.2. The molecule has 4 N–H and O–H groups in total. The molecule has 0 bridgehead atoms. The van der Waals surface area contributed by atoms with Gasteiger partial charge >= 0.3 is 13.9 Å². The summed E-state index contributed by atoms with van der Waals surface area (Å²) in [6.07, 6.45) is 0.781. The number of phosphoric acid groups is 1. The lowest BCUT2D eigenvalue weighted by Crippen LogP contribution is -2.44. The minimum atomic E-state index is -4.85. The van der Waals surface area contributed by atoms with Gasteiger partial charge in [-0.05, 0) is 52.8 Å². The molecule has 2 heterocycles. The quantitative estimate of drug-likeness (QED) is 0.207.